The molecular formula is C28H38N4O2. The number of aryl methyl sites for hydroxylation is 1. The summed E-state index contributed by atoms with van der Waals surface area (Å²) in [5.41, 5.74) is 9.81. The van der Waals surface area contributed by atoms with Gasteiger partial charge in [0.1, 0.15) is 5.75 Å². The average molecular weight is 463 g/mol. The third-order valence-electron chi connectivity index (χ3n) is 7.08. The van der Waals surface area contributed by atoms with Gasteiger partial charge in [-0.2, -0.15) is 0 Å². The number of nitrogens with two attached hydrogens (primary N) is 1. The topological polar surface area (TPSA) is 63.7 Å². The number of likely N-dealkylation sites (tertiary alicyclic amines) is 1. The van der Waals surface area contributed by atoms with Crippen molar-refractivity contribution < 1.29 is 9.53 Å². The molecule has 3 aromatic rings. The van der Waals surface area contributed by atoms with Crippen LogP contribution in [0.1, 0.15) is 46.8 Å². The van der Waals surface area contributed by atoms with Crippen molar-refractivity contribution in [2.75, 3.05) is 47.4 Å². The molecule has 0 atom stereocenters. The molecule has 1 aliphatic heterocycles. The Morgan fingerprint density at radius 3 is 2.59 bits per heavy atom. The van der Waals surface area contributed by atoms with E-state index in [1.807, 2.05) is 18.2 Å². The van der Waals surface area contributed by atoms with Crippen LogP contribution in [0.5, 0.6) is 5.75 Å². The van der Waals surface area contributed by atoms with E-state index in [9.17, 15) is 4.79 Å². The lowest BCUT2D eigenvalue weighted by Crippen LogP contribution is -2.35. The van der Waals surface area contributed by atoms with Crippen LogP contribution < -0.4 is 10.5 Å². The van der Waals surface area contributed by atoms with Crippen molar-refractivity contribution in [1.29, 1.82) is 0 Å². The van der Waals surface area contributed by atoms with Crippen molar-refractivity contribution in [3.05, 3.63) is 65.4 Å². The summed E-state index contributed by atoms with van der Waals surface area (Å²) < 4.78 is 8.05. The Balaban J connectivity index is 1.32. The Morgan fingerprint density at radius 1 is 1.09 bits per heavy atom. The number of primary amides is 1. The van der Waals surface area contributed by atoms with Crippen molar-refractivity contribution in [2.24, 2.45) is 5.73 Å². The fraction of sp³-hybridized carbons (Fsp3) is 0.464. The van der Waals surface area contributed by atoms with Crippen LogP contribution in [0.25, 0.3) is 10.9 Å². The van der Waals surface area contributed by atoms with Crippen molar-refractivity contribution in [1.82, 2.24) is 14.4 Å². The molecule has 4 rings (SSSR count). The van der Waals surface area contributed by atoms with Crippen molar-refractivity contribution in [3.8, 4) is 5.75 Å². The number of hydrogen-bond donors (Lipinski definition) is 1. The molecule has 0 saturated carbocycles. The maximum atomic E-state index is 11.6. The summed E-state index contributed by atoms with van der Waals surface area (Å²) >= 11 is 0. The highest BCUT2D eigenvalue weighted by atomic mass is 16.5. The van der Waals surface area contributed by atoms with Crippen LogP contribution in [0.3, 0.4) is 0 Å². The second-order valence-electron chi connectivity index (χ2n) is 9.74. The number of carbonyl (C=O) groups is 1. The van der Waals surface area contributed by atoms with Gasteiger partial charge in [-0.05, 0) is 93.5 Å². The van der Waals surface area contributed by atoms with Crippen LogP contribution in [0, 0.1) is 0 Å². The van der Waals surface area contributed by atoms with Gasteiger partial charge in [0.05, 0.1) is 7.11 Å². The number of fused-ring (bicyclic) bond motifs is 1. The maximum absolute atomic E-state index is 11.6. The molecule has 1 saturated heterocycles. The highest BCUT2D eigenvalue weighted by Crippen LogP contribution is 2.29. The fourth-order valence-electron chi connectivity index (χ4n) is 5.07. The highest BCUT2D eigenvalue weighted by Gasteiger charge is 2.22. The Hall–Kier alpha value is -2.83. The van der Waals surface area contributed by atoms with E-state index in [2.05, 4.69) is 58.9 Å². The molecule has 0 bridgehead atoms. The minimum atomic E-state index is -0.374. The van der Waals surface area contributed by atoms with E-state index in [1.165, 1.54) is 11.1 Å². The third kappa shape index (κ3) is 5.80. The number of aromatic nitrogens is 1. The lowest BCUT2D eigenvalue weighted by Gasteiger charge is -2.33. The summed E-state index contributed by atoms with van der Waals surface area (Å²) in [6.45, 7) is 4.29. The van der Waals surface area contributed by atoms with Crippen LogP contribution in [-0.4, -0.2) is 67.7 Å². The Bertz CT molecular complexity index is 1110. The first-order valence-electron chi connectivity index (χ1n) is 12.4. The summed E-state index contributed by atoms with van der Waals surface area (Å²) in [6, 6.07) is 15.0. The summed E-state index contributed by atoms with van der Waals surface area (Å²) in [6.07, 6.45) is 7.60. The van der Waals surface area contributed by atoms with Crippen LogP contribution in [-0.2, 0) is 12.8 Å². The minimum Gasteiger partial charge on any atom is -0.496 e. The van der Waals surface area contributed by atoms with Crippen LogP contribution in [0.2, 0.25) is 0 Å². The van der Waals surface area contributed by atoms with E-state index in [-0.39, 0.29) is 5.91 Å². The monoisotopic (exact) mass is 462 g/mol. The van der Waals surface area contributed by atoms with E-state index >= 15 is 0 Å². The number of hydrogen-bond acceptors (Lipinski definition) is 4. The molecule has 2 heterocycles. The molecular weight excluding hydrogens is 424 g/mol. The van der Waals surface area contributed by atoms with Gasteiger partial charge < -0.3 is 24.8 Å². The molecule has 1 aromatic heterocycles. The van der Waals surface area contributed by atoms with Crippen LogP contribution >= 0.6 is 0 Å². The fourth-order valence-corrected chi connectivity index (χ4v) is 5.07. The van der Waals surface area contributed by atoms with Crippen LogP contribution in [0.15, 0.2) is 48.7 Å². The zero-order valence-electron chi connectivity index (χ0n) is 20.8. The molecule has 1 fully saturated rings. The Morgan fingerprint density at radius 2 is 1.88 bits per heavy atom. The predicted molar refractivity (Wildman–Crippen MR) is 139 cm³/mol. The molecule has 1 aliphatic rings. The van der Waals surface area contributed by atoms with E-state index in [1.54, 1.807) is 7.11 Å². The number of benzene rings is 2. The minimum absolute atomic E-state index is 0.374. The van der Waals surface area contributed by atoms with Gasteiger partial charge in [-0.3, -0.25) is 4.79 Å². The van der Waals surface area contributed by atoms with Crippen LogP contribution in [0.4, 0.5) is 0 Å². The lowest BCUT2D eigenvalue weighted by atomic mass is 10.0. The number of amides is 1. The normalized spacial score (nSPS) is 15.3. The SMILES string of the molecule is COc1cc(CCCN(C)C)ccc1CCN1CCC(n2ccc3ccc(C(N)=O)cc32)CC1. The highest BCUT2D eigenvalue weighted by molar-refractivity contribution is 5.97. The summed E-state index contributed by atoms with van der Waals surface area (Å²) in [4.78, 5) is 16.4. The third-order valence-corrected chi connectivity index (χ3v) is 7.08. The van der Waals surface area contributed by atoms with Gasteiger partial charge >= 0.3 is 0 Å². The van der Waals surface area contributed by atoms with Gasteiger partial charge in [-0.25, -0.2) is 0 Å². The second kappa shape index (κ2) is 11.1. The largest absolute Gasteiger partial charge is 0.496 e. The van der Waals surface area contributed by atoms with Crippen molar-refractivity contribution in [3.63, 3.8) is 0 Å². The maximum Gasteiger partial charge on any atom is 0.248 e. The molecule has 0 aliphatic carbocycles. The van der Waals surface area contributed by atoms with E-state index < -0.39 is 0 Å². The Labute approximate surface area is 203 Å². The molecule has 182 valence electrons. The van der Waals surface area contributed by atoms with E-state index in [4.69, 9.17) is 10.5 Å². The number of piperidine rings is 1. The zero-order valence-corrected chi connectivity index (χ0v) is 20.8. The predicted octanol–water partition coefficient (Wildman–Crippen LogP) is 4.12. The quantitative estimate of drug-likeness (QED) is 0.492. The molecule has 2 aromatic carbocycles. The van der Waals surface area contributed by atoms with E-state index in [0.29, 0.717) is 11.6 Å². The average Bonchev–Trinajstić information content (AvgIpc) is 3.26. The molecule has 6 heteroatoms. The standard InChI is InChI=1S/C28H38N4O2/c1-30(2)14-4-5-21-6-7-23(27(19-21)34-3)10-15-31-16-12-25(13-17-31)32-18-11-22-8-9-24(28(29)33)20-26(22)32/h6-9,11,18-20,25H,4-5,10,12-17H2,1-3H3,(H2,29,33). The van der Waals surface area contributed by atoms with Gasteiger partial charge in [0, 0.05) is 43.0 Å². The first-order chi connectivity index (χ1) is 16.4. The van der Waals surface area contributed by atoms with E-state index in [0.717, 1.165) is 74.9 Å². The van der Waals surface area contributed by atoms with Gasteiger partial charge in [0.15, 0.2) is 0 Å². The number of ether oxygens (including phenoxy) is 1. The summed E-state index contributed by atoms with van der Waals surface area (Å²) in [5.74, 6) is 0.641. The number of rotatable bonds is 10. The smallest absolute Gasteiger partial charge is 0.248 e. The molecule has 34 heavy (non-hydrogen) atoms. The second-order valence-corrected chi connectivity index (χ2v) is 9.74. The van der Waals surface area contributed by atoms with Gasteiger partial charge in [0.25, 0.3) is 0 Å². The van der Waals surface area contributed by atoms with Gasteiger partial charge in [-0.1, -0.05) is 18.2 Å². The molecule has 6 nitrogen and oxygen atoms in total. The summed E-state index contributed by atoms with van der Waals surface area (Å²) in [7, 11) is 6.01. The number of methoxy groups -OCH3 is 1. The van der Waals surface area contributed by atoms with Gasteiger partial charge in [0.2, 0.25) is 5.91 Å². The Kier molecular flexibility index (Phi) is 7.91. The van der Waals surface area contributed by atoms with Gasteiger partial charge in [-0.15, -0.1) is 0 Å². The molecule has 0 radical (unpaired) electrons. The van der Waals surface area contributed by atoms with Crippen molar-refractivity contribution in [2.45, 2.75) is 38.1 Å². The molecule has 0 unspecified atom stereocenters. The lowest BCUT2D eigenvalue weighted by molar-refractivity contribution is 0.100. The molecule has 2 N–H and O–H groups in total. The molecule has 1 amide bonds. The first kappa shape index (κ1) is 24.3. The number of nitrogens with zero attached hydrogens (tertiary/aromatic N) is 3. The summed E-state index contributed by atoms with van der Waals surface area (Å²) in [5, 5.41) is 1.16. The first-order valence-corrected chi connectivity index (χ1v) is 12.4. The molecule has 0 spiro atoms. The van der Waals surface area contributed by atoms with Crippen molar-refractivity contribution >= 4 is 16.8 Å². The zero-order chi connectivity index (χ0) is 24.1. The number of carbonyl (C=O) groups excluding carboxylic acids is 1.